The van der Waals surface area contributed by atoms with Crippen LogP contribution in [-0.4, -0.2) is 51.2 Å². The molecule has 1 fully saturated rings. The zero-order valence-electron chi connectivity index (χ0n) is 17.0. The number of nitrogens with zero attached hydrogens (tertiary/aromatic N) is 6. The number of rotatable bonds is 7. The number of methoxy groups -OCH3 is 1. The third-order valence-electron chi connectivity index (χ3n) is 5.02. The van der Waals surface area contributed by atoms with Gasteiger partial charge in [-0.05, 0) is 37.1 Å². The van der Waals surface area contributed by atoms with Gasteiger partial charge in [0.25, 0.3) is 5.91 Å². The van der Waals surface area contributed by atoms with E-state index in [4.69, 9.17) is 14.5 Å². The number of ether oxygens (including phenoxy) is 1. The van der Waals surface area contributed by atoms with Gasteiger partial charge in [0.15, 0.2) is 0 Å². The van der Waals surface area contributed by atoms with Crippen molar-refractivity contribution >= 4 is 11.7 Å². The molecule has 3 aromatic rings. The summed E-state index contributed by atoms with van der Waals surface area (Å²) in [6.45, 7) is 1.49. The molecule has 1 atom stereocenters. The summed E-state index contributed by atoms with van der Waals surface area (Å²) in [5.74, 6) is 0.761. The first-order chi connectivity index (χ1) is 15.2. The van der Waals surface area contributed by atoms with Crippen LogP contribution in [0.25, 0.3) is 11.4 Å². The zero-order chi connectivity index (χ0) is 21.6. The van der Waals surface area contributed by atoms with Gasteiger partial charge < -0.3 is 14.6 Å². The molecular formula is C21H21N7O3. The van der Waals surface area contributed by atoms with Crippen LogP contribution in [0.5, 0.6) is 0 Å². The van der Waals surface area contributed by atoms with E-state index < -0.39 is 0 Å². The maximum Gasteiger partial charge on any atom is 0.251 e. The molecule has 0 radical (unpaired) electrons. The minimum atomic E-state index is -0.340. The van der Waals surface area contributed by atoms with Crippen LogP contribution in [0.3, 0.4) is 0 Å². The molecule has 31 heavy (non-hydrogen) atoms. The van der Waals surface area contributed by atoms with Crippen molar-refractivity contribution in [3.05, 3.63) is 53.8 Å². The Hall–Kier alpha value is -3.68. The number of aromatic nitrogens is 4. The van der Waals surface area contributed by atoms with E-state index in [0.29, 0.717) is 35.2 Å². The van der Waals surface area contributed by atoms with Crippen LogP contribution in [0, 0.1) is 11.3 Å². The van der Waals surface area contributed by atoms with Crippen molar-refractivity contribution in [2.75, 3.05) is 25.6 Å². The second-order valence-corrected chi connectivity index (χ2v) is 7.16. The van der Waals surface area contributed by atoms with Crippen LogP contribution in [0.4, 0.5) is 5.82 Å². The van der Waals surface area contributed by atoms with E-state index in [2.05, 4.69) is 36.4 Å². The quantitative estimate of drug-likeness (QED) is 0.613. The fraction of sp³-hybridized carbons (Fsp3) is 0.333. The Morgan fingerprint density at radius 2 is 2.35 bits per heavy atom. The summed E-state index contributed by atoms with van der Waals surface area (Å²) in [4.78, 5) is 26.8. The molecule has 10 nitrogen and oxygen atoms in total. The van der Waals surface area contributed by atoms with E-state index in [1.165, 1.54) is 19.6 Å². The molecule has 0 spiro atoms. The summed E-state index contributed by atoms with van der Waals surface area (Å²) < 4.78 is 10.4. The monoisotopic (exact) mass is 419 g/mol. The van der Waals surface area contributed by atoms with Crippen molar-refractivity contribution in [3.8, 4) is 17.5 Å². The fourth-order valence-corrected chi connectivity index (χ4v) is 3.64. The van der Waals surface area contributed by atoms with Crippen LogP contribution in [-0.2, 0) is 16.1 Å². The van der Waals surface area contributed by atoms with Crippen molar-refractivity contribution in [2.45, 2.75) is 25.4 Å². The number of nitrogens with one attached hydrogen (secondary N) is 1. The summed E-state index contributed by atoms with van der Waals surface area (Å²) in [7, 11) is 1.44. The van der Waals surface area contributed by atoms with E-state index in [-0.39, 0.29) is 18.6 Å². The summed E-state index contributed by atoms with van der Waals surface area (Å²) in [6.07, 6.45) is 4.76. The highest BCUT2D eigenvalue weighted by atomic mass is 16.5. The predicted molar refractivity (Wildman–Crippen MR) is 109 cm³/mol. The van der Waals surface area contributed by atoms with Gasteiger partial charge in [-0.2, -0.15) is 10.2 Å². The second kappa shape index (κ2) is 9.42. The molecule has 0 aliphatic carbocycles. The minimum Gasteiger partial charge on any atom is -0.375 e. The number of benzene rings is 1. The number of amides is 1. The predicted octanol–water partition coefficient (Wildman–Crippen LogP) is 2.32. The van der Waals surface area contributed by atoms with Crippen LogP contribution in [0.1, 0.15) is 35.9 Å². The SMILES string of the molecule is COCC(=O)Nc1ncncc1-c1noc(C2CCCN2Cc2cccc(C#N)c2)n1. The van der Waals surface area contributed by atoms with Gasteiger partial charge in [0.2, 0.25) is 11.7 Å². The Kier molecular flexibility index (Phi) is 6.26. The van der Waals surface area contributed by atoms with Gasteiger partial charge in [-0.3, -0.25) is 9.69 Å². The maximum absolute atomic E-state index is 11.9. The molecule has 10 heteroatoms. The Morgan fingerprint density at radius 3 is 3.19 bits per heavy atom. The highest BCUT2D eigenvalue weighted by molar-refractivity contribution is 5.93. The Labute approximate surface area is 178 Å². The lowest BCUT2D eigenvalue weighted by atomic mass is 10.1. The summed E-state index contributed by atoms with van der Waals surface area (Å²) in [6, 6.07) is 9.73. The third kappa shape index (κ3) is 4.74. The smallest absolute Gasteiger partial charge is 0.251 e. The lowest BCUT2D eigenvalue weighted by Gasteiger charge is -2.21. The Balaban J connectivity index is 1.53. The lowest BCUT2D eigenvalue weighted by Crippen LogP contribution is -2.23. The molecule has 1 aliphatic rings. The average molecular weight is 419 g/mol. The Morgan fingerprint density at radius 1 is 1.45 bits per heavy atom. The van der Waals surface area contributed by atoms with E-state index in [0.717, 1.165) is 24.9 Å². The molecule has 1 saturated heterocycles. The van der Waals surface area contributed by atoms with E-state index in [1.54, 1.807) is 6.07 Å². The number of anilines is 1. The van der Waals surface area contributed by atoms with Crippen molar-refractivity contribution in [2.24, 2.45) is 0 Å². The number of hydrogen-bond donors (Lipinski definition) is 1. The van der Waals surface area contributed by atoms with Crippen LogP contribution in [0.15, 0.2) is 41.3 Å². The molecule has 1 N–H and O–H groups in total. The molecule has 1 aromatic carbocycles. The van der Waals surface area contributed by atoms with Gasteiger partial charge in [-0.25, -0.2) is 9.97 Å². The van der Waals surface area contributed by atoms with Gasteiger partial charge >= 0.3 is 0 Å². The second-order valence-electron chi connectivity index (χ2n) is 7.16. The molecule has 2 aromatic heterocycles. The van der Waals surface area contributed by atoms with Gasteiger partial charge in [0.05, 0.1) is 23.2 Å². The number of nitriles is 1. The van der Waals surface area contributed by atoms with Gasteiger partial charge in [-0.15, -0.1) is 0 Å². The van der Waals surface area contributed by atoms with Crippen molar-refractivity contribution in [1.82, 2.24) is 25.0 Å². The lowest BCUT2D eigenvalue weighted by molar-refractivity contribution is -0.119. The molecule has 1 unspecified atom stereocenters. The molecule has 4 rings (SSSR count). The van der Waals surface area contributed by atoms with Gasteiger partial charge in [-0.1, -0.05) is 17.3 Å². The summed E-state index contributed by atoms with van der Waals surface area (Å²) in [5, 5.41) is 15.9. The highest BCUT2D eigenvalue weighted by Gasteiger charge is 2.31. The number of carbonyl (C=O) groups is 1. The molecule has 1 aliphatic heterocycles. The zero-order valence-corrected chi connectivity index (χ0v) is 17.0. The Bertz CT molecular complexity index is 1110. The van der Waals surface area contributed by atoms with Crippen LogP contribution >= 0.6 is 0 Å². The van der Waals surface area contributed by atoms with Crippen LogP contribution < -0.4 is 5.32 Å². The first-order valence-electron chi connectivity index (χ1n) is 9.84. The van der Waals surface area contributed by atoms with Crippen molar-refractivity contribution in [1.29, 1.82) is 5.26 Å². The highest BCUT2D eigenvalue weighted by Crippen LogP contribution is 2.34. The first kappa shape index (κ1) is 20.6. The summed E-state index contributed by atoms with van der Waals surface area (Å²) in [5.41, 5.74) is 2.17. The molecule has 158 valence electrons. The topological polar surface area (TPSA) is 130 Å². The third-order valence-corrected chi connectivity index (χ3v) is 5.02. The molecule has 3 heterocycles. The fourth-order valence-electron chi connectivity index (χ4n) is 3.64. The average Bonchev–Trinajstić information content (AvgIpc) is 3.44. The number of likely N-dealkylation sites (tertiary alicyclic amines) is 1. The first-order valence-corrected chi connectivity index (χ1v) is 9.84. The van der Waals surface area contributed by atoms with Crippen molar-refractivity contribution in [3.63, 3.8) is 0 Å². The van der Waals surface area contributed by atoms with Gasteiger partial charge in [0, 0.05) is 19.9 Å². The largest absolute Gasteiger partial charge is 0.375 e. The standard InChI is InChI=1S/C21H21N7O3/c1-30-12-18(29)25-19-16(10-23-13-24-19)20-26-21(31-27-20)17-6-3-7-28(17)11-15-5-2-4-14(8-15)9-22/h2,4-5,8,10,13,17H,3,6-7,11-12H2,1H3,(H,23,24,25,29). The maximum atomic E-state index is 11.9. The number of carbonyl (C=O) groups excluding carboxylic acids is 1. The normalized spacial score (nSPS) is 16.2. The van der Waals surface area contributed by atoms with Crippen LogP contribution in [0.2, 0.25) is 0 Å². The van der Waals surface area contributed by atoms with E-state index in [1.807, 2.05) is 18.2 Å². The van der Waals surface area contributed by atoms with Crippen molar-refractivity contribution < 1.29 is 14.1 Å². The van der Waals surface area contributed by atoms with Gasteiger partial charge in [0.1, 0.15) is 18.8 Å². The van der Waals surface area contributed by atoms with E-state index >= 15 is 0 Å². The summed E-state index contributed by atoms with van der Waals surface area (Å²) >= 11 is 0. The molecule has 1 amide bonds. The molecule has 0 saturated carbocycles. The molecular weight excluding hydrogens is 398 g/mol. The minimum absolute atomic E-state index is 0.0249. The molecule has 0 bridgehead atoms. The van der Waals surface area contributed by atoms with E-state index in [9.17, 15) is 4.79 Å². The number of hydrogen-bond acceptors (Lipinski definition) is 9.